The van der Waals surface area contributed by atoms with E-state index in [0.717, 1.165) is 47.7 Å². The molecule has 0 unspecified atom stereocenters. The number of hydrogen-bond acceptors (Lipinski definition) is 5. The molecule has 0 aromatic heterocycles. The minimum atomic E-state index is -1.28. The van der Waals surface area contributed by atoms with Gasteiger partial charge in [0.25, 0.3) is 0 Å². The van der Waals surface area contributed by atoms with E-state index in [9.17, 15) is 25.1 Å². The van der Waals surface area contributed by atoms with Crippen LogP contribution in [0.5, 0.6) is 0 Å². The first-order valence-electron chi connectivity index (χ1n) is 14.8. The van der Waals surface area contributed by atoms with Crippen molar-refractivity contribution in [2.45, 2.75) is 65.2 Å². The molecule has 3 aliphatic rings. The number of Topliss-reactive ketones (excluding diaryl/α,β-unsaturated/α-hetero) is 1. The molecule has 0 fully saturated rings. The van der Waals surface area contributed by atoms with Gasteiger partial charge in [0.2, 0.25) is 5.69 Å². The number of para-hydroxylation sites is 1. The van der Waals surface area contributed by atoms with Crippen LogP contribution in [0.3, 0.4) is 0 Å². The largest absolute Gasteiger partial charge is 0.871 e. The minimum absolute atomic E-state index is 0.179. The van der Waals surface area contributed by atoms with Crippen molar-refractivity contribution in [3.8, 4) is 6.07 Å². The van der Waals surface area contributed by atoms with Crippen LogP contribution >= 0.6 is 0 Å². The molecule has 0 spiro atoms. The predicted octanol–water partition coefficient (Wildman–Crippen LogP) is 5.68. The van der Waals surface area contributed by atoms with E-state index in [0.29, 0.717) is 12.1 Å². The molecule has 5 rings (SSSR count). The zero-order chi connectivity index (χ0) is 31.3. The molecule has 7 nitrogen and oxygen atoms in total. The maximum absolute atomic E-state index is 13.6. The maximum Gasteiger partial charge on any atom is 0.346 e. The zero-order valence-corrected chi connectivity index (χ0v) is 25.6. The second-order valence-corrected chi connectivity index (χ2v) is 12.3. The third kappa shape index (κ3) is 4.71. The smallest absolute Gasteiger partial charge is 0.346 e. The predicted molar refractivity (Wildman–Crippen MR) is 166 cm³/mol. The fraction of sp³-hybridized carbons (Fsp3) is 0.333. The highest BCUT2D eigenvalue weighted by atomic mass is 16.4. The van der Waals surface area contributed by atoms with E-state index < -0.39 is 11.4 Å². The summed E-state index contributed by atoms with van der Waals surface area (Å²) in [7, 11) is 0. The zero-order valence-electron chi connectivity index (χ0n) is 25.6. The number of allylic oxidation sites excluding steroid dienone is 5. The van der Waals surface area contributed by atoms with Crippen LogP contribution in [0.15, 0.2) is 82.8 Å². The summed E-state index contributed by atoms with van der Waals surface area (Å²) in [5.41, 5.74) is 5.69. The molecule has 0 atom stereocenters. The quantitative estimate of drug-likeness (QED) is 0.247. The summed E-state index contributed by atoms with van der Waals surface area (Å²) in [6.45, 7) is 13.9. The molecule has 2 heterocycles. The van der Waals surface area contributed by atoms with Gasteiger partial charge in [-0.1, -0.05) is 51.2 Å². The number of anilines is 1. The van der Waals surface area contributed by atoms with Crippen LogP contribution < -0.4 is 10.0 Å². The number of hydrogen-bond donors (Lipinski definition) is 1. The lowest BCUT2D eigenvalue weighted by Gasteiger charge is -2.32. The van der Waals surface area contributed by atoms with Gasteiger partial charge in [0.1, 0.15) is 18.2 Å². The van der Waals surface area contributed by atoms with E-state index in [1.807, 2.05) is 38.1 Å². The lowest BCUT2D eigenvalue weighted by Crippen LogP contribution is -2.35. The highest BCUT2D eigenvalue weighted by Crippen LogP contribution is 2.49. The van der Waals surface area contributed by atoms with Gasteiger partial charge in [-0.05, 0) is 62.2 Å². The van der Waals surface area contributed by atoms with Crippen molar-refractivity contribution in [1.82, 2.24) is 0 Å². The number of rotatable bonds is 8. The van der Waals surface area contributed by atoms with Gasteiger partial charge in [-0.25, -0.2) is 4.79 Å². The van der Waals surface area contributed by atoms with Crippen LogP contribution in [-0.4, -0.2) is 40.2 Å². The monoisotopic (exact) mass is 575 g/mol. The third-order valence-corrected chi connectivity index (χ3v) is 8.97. The Kier molecular flexibility index (Phi) is 7.52. The second kappa shape index (κ2) is 10.9. The average molecular weight is 576 g/mol. The number of benzene rings is 2. The molecule has 0 bridgehead atoms. The van der Waals surface area contributed by atoms with Crippen LogP contribution in [0.1, 0.15) is 71.1 Å². The van der Waals surface area contributed by atoms with E-state index in [2.05, 4.69) is 49.3 Å². The fourth-order valence-corrected chi connectivity index (χ4v) is 6.52. The van der Waals surface area contributed by atoms with Gasteiger partial charge in [-0.2, -0.15) is 9.84 Å². The standard InChI is InChI=1S/C36H37N3O4/c1-7-9-16-39-29-15-14-22(17-23(21-37)34(42)43)18-27(29)36(5,6)31(39)20-25-32(40)24(33(25)41)19-30-35(3,4)26-12-10-11-13-28(26)38(30)8-2/h10-15,17-20H,7-9,16H2,1-6H3,(H-,40,41,42,43)/b23-17-. The summed E-state index contributed by atoms with van der Waals surface area (Å²) in [4.78, 5) is 27.2. The highest BCUT2D eigenvalue weighted by Gasteiger charge is 2.46. The Morgan fingerprint density at radius 3 is 2.42 bits per heavy atom. The van der Waals surface area contributed by atoms with E-state index in [1.165, 1.54) is 11.6 Å². The molecule has 43 heavy (non-hydrogen) atoms. The first kappa shape index (κ1) is 29.8. The van der Waals surface area contributed by atoms with Crippen LogP contribution in [0, 0.1) is 11.3 Å². The van der Waals surface area contributed by atoms with Gasteiger partial charge in [0.05, 0.1) is 5.41 Å². The minimum Gasteiger partial charge on any atom is -0.871 e. The Bertz CT molecular complexity index is 1760. The molecule has 2 aliphatic heterocycles. The van der Waals surface area contributed by atoms with Gasteiger partial charge >= 0.3 is 5.97 Å². The summed E-state index contributed by atoms with van der Waals surface area (Å²) in [6, 6.07) is 15.5. The molecule has 2 aromatic rings. The molecule has 0 radical (unpaired) electrons. The normalized spacial score (nSPS) is 20.4. The summed E-state index contributed by atoms with van der Waals surface area (Å²) < 4.78 is 2.16. The molecule has 7 heteroatoms. The second-order valence-electron chi connectivity index (χ2n) is 12.3. The molecule has 2 aromatic carbocycles. The van der Waals surface area contributed by atoms with Gasteiger partial charge in [-0.3, -0.25) is 4.79 Å². The van der Waals surface area contributed by atoms with Crippen LogP contribution in [0.4, 0.5) is 11.4 Å². The number of carbonyl (C=O) groups excluding carboxylic acids is 1. The lowest BCUT2D eigenvalue weighted by molar-refractivity contribution is -0.438. The molecule has 1 N–H and O–H groups in total. The molecule has 220 valence electrons. The number of carbonyl (C=O) groups is 2. The van der Waals surface area contributed by atoms with Crippen molar-refractivity contribution in [3.63, 3.8) is 0 Å². The Labute approximate surface area is 253 Å². The Hall–Kier alpha value is -4.70. The van der Waals surface area contributed by atoms with Crippen molar-refractivity contribution in [2.75, 3.05) is 18.0 Å². The first-order valence-corrected chi connectivity index (χ1v) is 14.8. The topological polar surface area (TPSA) is 107 Å². The molecule has 0 saturated heterocycles. The van der Waals surface area contributed by atoms with Gasteiger partial charge in [-0.15, -0.1) is 0 Å². The summed E-state index contributed by atoms with van der Waals surface area (Å²) >= 11 is 0. The van der Waals surface area contributed by atoms with E-state index in [-0.39, 0.29) is 33.7 Å². The van der Waals surface area contributed by atoms with Crippen molar-refractivity contribution in [1.29, 1.82) is 5.26 Å². The molecule has 0 saturated carbocycles. The average Bonchev–Trinajstić information content (AvgIpc) is 3.33. The van der Waals surface area contributed by atoms with E-state index in [1.54, 1.807) is 24.3 Å². The Balaban J connectivity index is 1.57. The first-order chi connectivity index (χ1) is 20.4. The Morgan fingerprint density at radius 1 is 1.07 bits per heavy atom. The number of fused-ring (bicyclic) bond motifs is 2. The number of nitriles is 1. The third-order valence-electron chi connectivity index (χ3n) is 8.97. The molecular weight excluding hydrogens is 538 g/mol. The number of nitrogens with zero attached hydrogens (tertiary/aromatic N) is 3. The van der Waals surface area contributed by atoms with Crippen molar-refractivity contribution in [2.24, 2.45) is 0 Å². The summed E-state index contributed by atoms with van der Waals surface area (Å²) in [5.74, 6) is -1.78. The molecule has 0 amide bonds. The van der Waals surface area contributed by atoms with Gasteiger partial charge < -0.3 is 15.1 Å². The van der Waals surface area contributed by atoms with Crippen LogP contribution in [-0.2, 0) is 20.4 Å². The van der Waals surface area contributed by atoms with Crippen molar-refractivity contribution in [3.05, 3.63) is 99.5 Å². The lowest BCUT2D eigenvalue weighted by atomic mass is 9.77. The Morgan fingerprint density at radius 2 is 1.79 bits per heavy atom. The number of unbranched alkanes of at least 4 members (excludes halogenated alkanes) is 1. The number of carboxylic acids is 1. The summed E-state index contributed by atoms with van der Waals surface area (Å²) in [6.07, 6.45) is 6.78. The number of ketones is 1. The number of carboxylic acid groups (broad SMARTS) is 1. The maximum atomic E-state index is 13.6. The van der Waals surface area contributed by atoms with Crippen molar-refractivity contribution < 1.29 is 24.4 Å². The van der Waals surface area contributed by atoms with Gasteiger partial charge in [0.15, 0.2) is 11.5 Å². The molecular formula is C36H37N3O4. The van der Waals surface area contributed by atoms with Gasteiger partial charge in [0, 0.05) is 58.6 Å². The summed E-state index contributed by atoms with van der Waals surface area (Å²) in [5, 5.41) is 32.2. The number of likely N-dealkylation sites (N-methyl/N-ethyl adjacent to an activating group) is 1. The van der Waals surface area contributed by atoms with E-state index in [4.69, 9.17) is 0 Å². The van der Waals surface area contributed by atoms with E-state index >= 15 is 0 Å². The number of aliphatic carboxylic acids is 1. The highest BCUT2D eigenvalue weighted by molar-refractivity contribution is 6.24. The van der Waals surface area contributed by atoms with Crippen LogP contribution in [0.25, 0.3) is 6.08 Å². The van der Waals surface area contributed by atoms with Crippen molar-refractivity contribution >= 4 is 34.9 Å². The molecule has 1 aliphatic carbocycles. The fourth-order valence-electron chi connectivity index (χ4n) is 6.52. The SMILES string of the molecule is CCCC[N+]1=C(/C=C2/C(=O)C(/C=C3/N(CC)c4ccccc4C3(C)C)=C2[O-])C(C)(C)c2cc(/C=C(/C#N)C(=O)O)ccc21. The van der Waals surface area contributed by atoms with Crippen LogP contribution in [0.2, 0.25) is 0 Å².